The van der Waals surface area contributed by atoms with Crippen molar-refractivity contribution in [2.24, 2.45) is 11.5 Å². The molecule has 88 valence electrons. The highest BCUT2D eigenvalue weighted by Crippen LogP contribution is 1.70. The maximum absolute atomic E-state index is 10.4. The number of carbonyl (C=O) groups excluding carboxylic acids is 2. The van der Waals surface area contributed by atoms with Gasteiger partial charge in [0.1, 0.15) is 0 Å². The van der Waals surface area contributed by atoms with Gasteiger partial charge in [0.05, 0.1) is 0 Å². The van der Waals surface area contributed by atoms with Gasteiger partial charge in [-0.3, -0.25) is 9.59 Å². The van der Waals surface area contributed by atoms with Crippen molar-refractivity contribution in [2.75, 3.05) is 13.1 Å². The Bertz CT molecular complexity index is 208. The summed E-state index contributed by atoms with van der Waals surface area (Å²) in [5.41, 5.74) is 9.71. The van der Waals surface area contributed by atoms with E-state index in [1.165, 1.54) is 6.08 Å². The zero-order valence-corrected chi connectivity index (χ0v) is 9.39. The summed E-state index contributed by atoms with van der Waals surface area (Å²) in [6.07, 6.45) is 3.12. The molecule has 5 N–H and O–H groups in total. The number of hydrogen-bond donors (Lipinski definition) is 3. The van der Waals surface area contributed by atoms with Crippen LogP contribution in [0.1, 0.15) is 6.42 Å². The molecule has 0 fully saturated rings. The van der Waals surface area contributed by atoms with E-state index in [1.807, 2.05) is 0 Å². The number of carbonyl (C=O) groups is 2. The van der Waals surface area contributed by atoms with Gasteiger partial charge < -0.3 is 16.8 Å². The minimum Gasteiger partial charge on any atom is -0.366 e. The van der Waals surface area contributed by atoms with Crippen LogP contribution in [0.4, 0.5) is 0 Å². The molecule has 0 bridgehead atoms. The third kappa shape index (κ3) is 24.5. The van der Waals surface area contributed by atoms with Gasteiger partial charge >= 0.3 is 0 Å². The summed E-state index contributed by atoms with van der Waals surface area (Å²) in [6, 6.07) is 0. The fourth-order valence-electron chi connectivity index (χ4n) is 0.386. The zero-order chi connectivity index (χ0) is 11.4. The van der Waals surface area contributed by atoms with E-state index < -0.39 is 5.91 Å². The van der Waals surface area contributed by atoms with Crippen LogP contribution < -0.4 is 16.8 Å². The van der Waals surface area contributed by atoms with Crippen LogP contribution in [0.5, 0.6) is 0 Å². The minimum atomic E-state index is -0.481. The molecular weight excluding hydrogens is 218 g/mol. The van der Waals surface area contributed by atoms with Crippen molar-refractivity contribution in [1.29, 1.82) is 0 Å². The Labute approximate surface area is 96.0 Å². The van der Waals surface area contributed by atoms with Gasteiger partial charge in [0, 0.05) is 6.54 Å². The van der Waals surface area contributed by atoms with Crippen molar-refractivity contribution in [3.8, 4) is 0 Å². The van der Waals surface area contributed by atoms with Crippen LogP contribution in [0.3, 0.4) is 0 Å². The SMILES string of the molecule is C=CC(=O)NCCCN.C=CC(N)=O.Cl. The van der Waals surface area contributed by atoms with E-state index in [1.54, 1.807) is 0 Å². The topological polar surface area (TPSA) is 98.2 Å². The molecule has 5 nitrogen and oxygen atoms in total. The van der Waals surface area contributed by atoms with Crippen molar-refractivity contribution in [3.63, 3.8) is 0 Å². The minimum absolute atomic E-state index is 0. The lowest BCUT2D eigenvalue weighted by Crippen LogP contribution is -2.23. The largest absolute Gasteiger partial charge is 0.366 e. The van der Waals surface area contributed by atoms with Crippen LogP contribution in [0.25, 0.3) is 0 Å². The van der Waals surface area contributed by atoms with Gasteiger partial charge in [0.2, 0.25) is 11.8 Å². The van der Waals surface area contributed by atoms with Crippen LogP contribution in [0.15, 0.2) is 25.3 Å². The second-order valence-corrected chi connectivity index (χ2v) is 2.24. The lowest BCUT2D eigenvalue weighted by molar-refractivity contribution is -0.116. The highest BCUT2D eigenvalue weighted by atomic mass is 35.5. The molecule has 0 radical (unpaired) electrons. The van der Waals surface area contributed by atoms with Gasteiger partial charge in [-0.2, -0.15) is 0 Å². The Morgan fingerprint density at radius 1 is 1.27 bits per heavy atom. The molecule has 0 aliphatic rings. The third-order valence-electron chi connectivity index (χ3n) is 1.07. The van der Waals surface area contributed by atoms with Crippen molar-refractivity contribution >= 4 is 24.2 Å². The van der Waals surface area contributed by atoms with E-state index >= 15 is 0 Å². The lowest BCUT2D eigenvalue weighted by atomic mass is 10.4. The molecule has 6 heteroatoms. The number of amides is 2. The maximum Gasteiger partial charge on any atom is 0.243 e. The zero-order valence-electron chi connectivity index (χ0n) is 8.57. The summed E-state index contributed by atoms with van der Waals surface area (Å²) in [5, 5.41) is 2.60. The Kier molecular flexibility index (Phi) is 19.5. The van der Waals surface area contributed by atoms with E-state index in [2.05, 4.69) is 24.2 Å². The maximum atomic E-state index is 10.4. The summed E-state index contributed by atoms with van der Waals surface area (Å²) in [5.74, 6) is -0.617. The smallest absolute Gasteiger partial charge is 0.243 e. The first-order chi connectivity index (χ1) is 6.58. The first-order valence-corrected chi connectivity index (χ1v) is 4.10. The number of rotatable bonds is 5. The average molecular weight is 236 g/mol. The molecule has 0 aliphatic heterocycles. The van der Waals surface area contributed by atoms with Gasteiger partial charge in [0.15, 0.2) is 0 Å². The van der Waals surface area contributed by atoms with Gasteiger partial charge in [-0.15, -0.1) is 12.4 Å². The molecule has 0 atom stereocenters. The second-order valence-electron chi connectivity index (χ2n) is 2.24. The molecule has 0 aliphatic carbocycles. The van der Waals surface area contributed by atoms with Gasteiger partial charge in [-0.25, -0.2) is 0 Å². The summed E-state index contributed by atoms with van der Waals surface area (Å²) < 4.78 is 0. The summed E-state index contributed by atoms with van der Waals surface area (Å²) in [4.78, 5) is 19.9. The van der Waals surface area contributed by atoms with E-state index in [4.69, 9.17) is 5.73 Å². The van der Waals surface area contributed by atoms with E-state index in [-0.39, 0.29) is 18.3 Å². The third-order valence-corrected chi connectivity index (χ3v) is 1.07. The fourth-order valence-corrected chi connectivity index (χ4v) is 0.386. The van der Waals surface area contributed by atoms with Crippen LogP contribution in [0.2, 0.25) is 0 Å². The van der Waals surface area contributed by atoms with E-state index in [0.29, 0.717) is 13.1 Å². The van der Waals surface area contributed by atoms with Crippen LogP contribution in [-0.2, 0) is 9.59 Å². The molecule has 0 aromatic heterocycles. The molecule has 0 spiro atoms. The molecule has 0 saturated carbocycles. The number of primary amides is 1. The lowest BCUT2D eigenvalue weighted by Gasteiger charge is -1.97. The van der Waals surface area contributed by atoms with Crippen molar-refractivity contribution in [2.45, 2.75) is 6.42 Å². The van der Waals surface area contributed by atoms with Crippen LogP contribution >= 0.6 is 12.4 Å². The molecule has 0 aromatic rings. The van der Waals surface area contributed by atoms with Crippen molar-refractivity contribution in [1.82, 2.24) is 5.32 Å². The van der Waals surface area contributed by atoms with E-state index in [0.717, 1.165) is 12.5 Å². The van der Waals surface area contributed by atoms with Crippen molar-refractivity contribution < 1.29 is 9.59 Å². The second kappa shape index (κ2) is 15.2. The fraction of sp³-hybridized carbons (Fsp3) is 0.333. The first-order valence-electron chi connectivity index (χ1n) is 4.10. The molecule has 2 amide bonds. The normalized spacial score (nSPS) is 7.27. The van der Waals surface area contributed by atoms with E-state index in [9.17, 15) is 9.59 Å². The average Bonchev–Trinajstić information content (AvgIpc) is 2.19. The van der Waals surface area contributed by atoms with Crippen molar-refractivity contribution in [3.05, 3.63) is 25.3 Å². The number of hydrogen-bond acceptors (Lipinski definition) is 3. The molecule has 0 unspecified atom stereocenters. The summed E-state index contributed by atoms with van der Waals surface area (Å²) >= 11 is 0. The monoisotopic (exact) mass is 235 g/mol. The highest BCUT2D eigenvalue weighted by molar-refractivity contribution is 5.86. The summed E-state index contributed by atoms with van der Waals surface area (Å²) in [6.45, 7) is 7.63. The Morgan fingerprint density at radius 3 is 2.00 bits per heavy atom. The Morgan fingerprint density at radius 2 is 1.73 bits per heavy atom. The van der Waals surface area contributed by atoms with Gasteiger partial charge in [-0.1, -0.05) is 13.2 Å². The number of nitrogens with one attached hydrogen (secondary N) is 1. The molecule has 0 saturated heterocycles. The Hall–Kier alpha value is -1.33. The first kappa shape index (κ1) is 19.3. The quantitative estimate of drug-likeness (QED) is 0.451. The number of nitrogens with two attached hydrogens (primary N) is 2. The standard InChI is InChI=1S/C6H12N2O.C3H5NO.ClH/c1-2-6(9)8-5-3-4-7;1-2-3(4)5;/h2H,1,3-5,7H2,(H,8,9);2H,1H2,(H2,4,5);1H. The van der Waals surface area contributed by atoms with Gasteiger partial charge in [0.25, 0.3) is 0 Å². The Balaban J connectivity index is -0.000000208. The number of halogens is 1. The molecule has 15 heavy (non-hydrogen) atoms. The van der Waals surface area contributed by atoms with Crippen LogP contribution in [0, 0.1) is 0 Å². The summed E-state index contributed by atoms with van der Waals surface area (Å²) in [7, 11) is 0. The van der Waals surface area contributed by atoms with Gasteiger partial charge in [-0.05, 0) is 25.1 Å². The predicted octanol–water partition coefficient (Wildman–Crippen LogP) is -0.283. The van der Waals surface area contributed by atoms with Crippen LogP contribution in [-0.4, -0.2) is 24.9 Å². The molecule has 0 heterocycles. The molecule has 0 rings (SSSR count). The molecular formula is C9H18ClN3O2. The molecule has 0 aromatic carbocycles. The predicted molar refractivity (Wildman–Crippen MR) is 63.5 cm³/mol. The highest BCUT2D eigenvalue weighted by Gasteiger charge is 1.88.